The maximum Gasteiger partial charge on any atom is 0.129 e. The number of hydrogen-bond acceptors (Lipinski definition) is 3. The van der Waals surface area contributed by atoms with Gasteiger partial charge < -0.3 is 10.6 Å². The lowest BCUT2D eigenvalue weighted by molar-refractivity contribution is 0.494. The molecule has 0 saturated carbocycles. The largest absolute Gasteiger partial charge is 0.353 e. The Morgan fingerprint density at radius 2 is 2.12 bits per heavy atom. The van der Waals surface area contributed by atoms with E-state index in [0.717, 1.165) is 12.2 Å². The summed E-state index contributed by atoms with van der Waals surface area (Å²) in [4.78, 5) is 6.91. The maximum absolute atomic E-state index is 5.79. The minimum absolute atomic E-state index is 0.0418. The van der Waals surface area contributed by atoms with Crippen LogP contribution in [0.5, 0.6) is 0 Å². The molecule has 3 heteroatoms. The van der Waals surface area contributed by atoms with E-state index in [2.05, 4.69) is 37.9 Å². The number of hydrogen-bond donors (Lipinski definition) is 1. The normalized spacial score (nSPS) is 15.0. The Labute approximate surface area is 97.7 Å². The smallest absolute Gasteiger partial charge is 0.129 e. The summed E-state index contributed by atoms with van der Waals surface area (Å²) in [5, 5.41) is 0. The summed E-state index contributed by atoms with van der Waals surface area (Å²) >= 11 is 0. The molecule has 0 fully saturated rings. The number of pyridine rings is 1. The first kappa shape index (κ1) is 11.4. The van der Waals surface area contributed by atoms with E-state index in [0.29, 0.717) is 6.54 Å². The first-order valence-corrected chi connectivity index (χ1v) is 5.97. The maximum atomic E-state index is 5.79. The van der Waals surface area contributed by atoms with Crippen LogP contribution in [-0.4, -0.2) is 24.1 Å². The molecule has 0 unspecified atom stereocenters. The highest BCUT2D eigenvalue weighted by Gasteiger charge is 2.24. The highest BCUT2D eigenvalue weighted by molar-refractivity contribution is 5.44. The van der Waals surface area contributed by atoms with Gasteiger partial charge in [0.05, 0.1) is 0 Å². The van der Waals surface area contributed by atoms with Crippen LogP contribution in [0.4, 0.5) is 5.82 Å². The fourth-order valence-corrected chi connectivity index (χ4v) is 2.04. The monoisotopic (exact) mass is 219 g/mol. The molecular weight excluding hydrogens is 198 g/mol. The van der Waals surface area contributed by atoms with Gasteiger partial charge in [-0.1, -0.05) is 6.07 Å². The molecule has 1 heterocycles. The van der Waals surface area contributed by atoms with Crippen molar-refractivity contribution in [2.75, 3.05) is 18.5 Å². The molecule has 0 bridgehead atoms. The minimum Gasteiger partial charge on any atom is -0.353 e. The molecule has 2 rings (SSSR count). The van der Waals surface area contributed by atoms with Gasteiger partial charge in [0.15, 0.2) is 0 Å². The summed E-state index contributed by atoms with van der Waals surface area (Å²) in [5.74, 6) is 1.04. The van der Waals surface area contributed by atoms with E-state index >= 15 is 0 Å². The summed E-state index contributed by atoms with van der Waals surface area (Å²) in [6.45, 7) is 4.91. The number of fused-ring (bicyclic) bond motifs is 1. The standard InChI is InChI=1S/C13H21N3/c1-13(2,9-14)16(3)12-8-7-10-5-4-6-11(10)15-12/h7-8H,4-6,9,14H2,1-3H3. The van der Waals surface area contributed by atoms with Crippen LogP contribution in [0.3, 0.4) is 0 Å². The van der Waals surface area contributed by atoms with Gasteiger partial charge in [0, 0.05) is 24.8 Å². The molecule has 2 N–H and O–H groups in total. The van der Waals surface area contributed by atoms with Crippen molar-refractivity contribution in [2.45, 2.75) is 38.6 Å². The molecule has 1 aliphatic carbocycles. The first-order chi connectivity index (χ1) is 7.54. The highest BCUT2D eigenvalue weighted by atomic mass is 15.2. The van der Waals surface area contributed by atoms with Crippen molar-refractivity contribution < 1.29 is 0 Å². The third kappa shape index (κ3) is 1.92. The number of aryl methyl sites for hydroxylation is 2. The predicted molar refractivity (Wildman–Crippen MR) is 67.8 cm³/mol. The Morgan fingerprint density at radius 1 is 1.38 bits per heavy atom. The Hall–Kier alpha value is -1.09. The molecular formula is C13H21N3. The summed E-state index contributed by atoms with van der Waals surface area (Å²) in [7, 11) is 2.07. The third-order valence-corrected chi connectivity index (χ3v) is 3.66. The zero-order chi connectivity index (χ0) is 11.8. The van der Waals surface area contributed by atoms with Gasteiger partial charge in [0.1, 0.15) is 5.82 Å². The summed E-state index contributed by atoms with van der Waals surface area (Å²) in [6.07, 6.45) is 3.56. The zero-order valence-electron chi connectivity index (χ0n) is 10.5. The lowest BCUT2D eigenvalue weighted by Gasteiger charge is -2.35. The van der Waals surface area contributed by atoms with Crippen molar-refractivity contribution in [3.63, 3.8) is 0 Å². The number of aromatic nitrogens is 1. The summed E-state index contributed by atoms with van der Waals surface area (Å²) < 4.78 is 0. The molecule has 0 aliphatic heterocycles. The number of rotatable bonds is 3. The van der Waals surface area contributed by atoms with E-state index in [1.165, 1.54) is 24.1 Å². The SMILES string of the molecule is CN(c1ccc2c(n1)CCC2)C(C)(C)CN. The summed E-state index contributed by atoms with van der Waals surface area (Å²) in [6, 6.07) is 4.33. The van der Waals surface area contributed by atoms with Crippen molar-refractivity contribution >= 4 is 5.82 Å². The molecule has 0 spiro atoms. The molecule has 0 atom stereocenters. The quantitative estimate of drug-likeness (QED) is 0.842. The van der Waals surface area contributed by atoms with Crippen LogP contribution in [0.2, 0.25) is 0 Å². The van der Waals surface area contributed by atoms with Crippen LogP contribution in [0.25, 0.3) is 0 Å². The van der Waals surface area contributed by atoms with E-state index in [-0.39, 0.29) is 5.54 Å². The Balaban J connectivity index is 2.28. The van der Waals surface area contributed by atoms with Gasteiger partial charge in [0.25, 0.3) is 0 Å². The zero-order valence-corrected chi connectivity index (χ0v) is 10.5. The van der Waals surface area contributed by atoms with Gasteiger partial charge in [-0.3, -0.25) is 0 Å². The third-order valence-electron chi connectivity index (χ3n) is 3.66. The van der Waals surface area contributed by atoms with Crippen LogP contribution in [0.15, 0.2) is 12.1 Å². The van der Waals surface area contributed by atoms with Crippen LogP contribution in [0, 0.1) is 0 Å². The summed E-state index contributed by atoms with van der Waals surface area (Å²) in [5.41, 5.74) is 8.44. The van der Waals surface area contributed by atoms with Crippen molar-refractivity contribution in [1.82, 2.24) is 4.98 Å². The van der Waals surface area contributed by atoms with Gasteiger partial charge >= 0.3 is 0 Å². The van der Waals surface area contributed by atoms with Crippen LogP contribution >= 0.6 is 0 Å². The number of nitrogens with two attached hydrogens (primary N) is 1. The lowest BCUT2D eigenvalue weighted by atomic mass is 10.0. The van der Waals surface area contributed by atoms with Crippen molar-refractivity contribution in [3.05, 3.63) is 23.4 Å². The molecule has 1 aromatic rings. The molecule has 88 valence electrons. The van der Waals surface area contributed by atoms with Gasteiger partial charge in [-0.2, -0.15) is 0 Å². The Morgan fingerprint density at radius 3 is 2.81 bits per heavy atom. The van der Waals surface area contributed by atoms with E-state index < -0.39 is 0 Å². The van der Waals surface area contributed by atoms with Crippen molar-refractivity contribution in [1.29, 1.82) is 0 Å². The van der Waals surface area contributed by atoms with E-state index in [1.54, 1.807) is 0 Å². The van der Waals surface area contributed by atoms with Gasteiger partial charge in [-0.25, -0.2) is 4.98 Å². The number of anilines is 1. The number of nitrogens with zero attached hydrogens (tertiary/aromatic N) is 2. The second kappa shape index (κ2) is 4.06. The lowest BCUT2D eigenvalue weighted by Crippen LogP contribution is -2.47. The van der Waals surface area contributed by atoms with Crippen LogP contribution in [0.1, 0.15) is 31.5 Å². The van der Waals surface area contributed by atoms with Crippen LogP contribution < -0.4 is 10.6 Å². The second-order valence-electron chi connectivity index (χ2n) is 5.20. The number of likely N-dealkylation sites (N-methyl/N-ethyl adjacent to an activating group) is 1. The van der Waals surface area contributed by atoms with Crippen molar-refractivity contribution in [2.24, 2.45) is 5.73 Å². The molecule has 3 nitrogen and oxygen atoms in total. The van der Waals surface area contributed by atoms with E-state index in [1.807, 2.05) is 0 Å². The van der Waals surface area contributed by atoms with Gasteiger partial charge in [-0.05, 0) is 44.7 Å². The predicted octanol–water partition coefficient (Wildman–Crippen LogP) is 1.74. The fraction of sp³-hybridized carbons (Fsp3) is 0.615. The van der Waals surface area contributed by atoms with Gasteiger partial charge in [-0.15, -0.1) is 0 Å². The average molecular weight is 219 g/mol. The molecule has 16 heavy (non-hydrogen) atoms. The van der Waals surface area contributed by atoms with Crippen LogP contribution in [-0.2, 0) is 12.8 Å². The minimum atomic E-state index is -0.0418. The Kier molecular flexibility index (Phi) is 2.89. The van der Waals surface area contributed by atoms with Gasteiger partial charge in [0.2, 0.25) is 0 Å². The molecule has 0 saturated heterocycles. The van der Waals surface area contributed by atoms with Crippen molar-refractivity contribution in [3.8, 4) is 0 Å². The Bertz CT molecular complexity index is 385. The molecule has 0 aromatic carbocycles. The molecule has 1 aromatic heterocycles. The first-order valence-electron chi connectivity index (χ1n) is 5.97. The second-order valence-corrected chi connectivity index (χ2v) is 5.20. The molecule has 0 radical (unpaired) electrons. The topological polar surface area (TPSA) is 42.2 Å². The van der Waals surface area contributed by atoms with E-state index in [9.17, 15) is 0 Å². The average Bonchev–Trinajstić information content (AvgIpc) is 2.74. The fourth-order valence-electron chi connectivity index (χ4n) is 2.04. The molecule has 1 aliphatic rings. The highest BCUT2D eigenvalue weighted by Crippen LogP contribution is 2.25. The molecule has 0 amide bonds. The van der Waals surface area contributed by atoms with E-state index in [4.69, 9.17) is 10.7 Å².